The molecular weight excluding hydrogens is 508 g/mol. The van der Waals surface area contributed by atoms with Gasteiger partial charge in [0, 0.05) is 18.9 Å². The van der Waals surface area contributed by atoms with Gasteiger partial charge in [-0.15, -0.1) is 0 Å². The topological polar surface area (TPSA) is 52.6 Å². The fraction of sp³-hybridized carbons (Fsp3) is 0.838. The van der Waals surface area contributed by atoms with Gasteiger partial charge in [0.05, 0.1) is 6.61 Å². The highest BCUT2D eigenvalue weighted by Gasteiger charge is 2.59. The lowest BCUT2D eigenvalue weighted by Crippen LogP contribution is -2.51. The Morgan fingerprint density at radius 2 is 1.76 bits per heavy atom. The number of unbranched alkanes of at least 4 members (excludes halogenated alkanes) is 3. The normalized spacial score (nSPS) is 35.1. The molecule has 8 atom stereocenters. The number of carbonyl (C=O) groups excluding carboxylic acids is 2. The monoisotopic (exact) mass is 568 g/mol. The molecule has 41 heavy (non-hydrogen) atoms. The molecule has 0 saturated heterocycles. The van der Waals surface area contributed by atoms with Gasteiger partial charge in [-0.3, -0.25) is 4.79 Å². The van der Waals surface area contributed by atoms with Gasteiger partial charge in [0.25, 0.3) is 0 Å². The van der Waals surface area contributed by atoms with Crippen LogP contribution in [0.25, 0.3) is 0 Å². The highest BCUT2D eigenvalue weighted by atomic mass is 16.5. The molecule has 0 aromatic heterocycles. The summed E-state index contributed by atoms with van der Waals surface area (Å²) in [7, 11) is 0. The first-order chi connectivity index (χ1) is 19.6. The summed E-state index contributed by atoms with van der Waals surface area (Å²) in [5, 5.41) is 0. The summed E-state index contributed by atoms with van der Waals surface area (Å²) in [6.45, 7) is 16.4. The van der Waals surface area contributed by atoms with Gasteiger partial charge in [-0.1, -0.05) is 85.0 Å². The Morgan fingerprint density at radius 1 is 0.976 bits per heavy atom. The number of rotatable bonds is 14. The Hall–Kier alpha value is -1.58. The van der Waals surface area contributed by atoms with Crippen molar-refractivity contribution in [1.29, 1.82) is 0 Å². The van der Waals surface area contributed by atoms with Gasteiger partial charge in [0.15, 0.2) is 0 Å². The van der Waals surface area contributed by atoms with Gasteiger partial charge in [-0.05, 0) is 104 Å². The van der Waals surface area contributed by atoms with Crippen LogP contribution in [0.1, 0.15) is 137 Å². The molecule has 0 radical (unpaired) electrons. The Kier molecular flexibility index (Phi) is 11.2. The zero-order chi connectivity index (χ0) is 29.6. The fourth-order valence-corrected chi connectivity index (χ4v) is 9.95. The molecule has 0 aliphatic heterocycles. The quantitative estimate of drug-likeness (QED) is 0.0906. The largest absolute Gasteiger partial charge is 0.463 e. The van der Waals surface area contributed by atoms with Crippen molar-refractivity contribution in [1.82, 2.24) is 0 Å². The van der Waals surface area contributed by atoms with Crippen molar-refractivity contribution in [3.63, 3.8) is 0 Å². The molecule has 5 unspecified atom stereocenters. The molecule has 232 valence electrons. The molecule has 4 aliphatic rings. The molecule has 0 amide bonds. The lowest BCUT2D eigenvalue weighted by molar-refractivity contribution is -0.151. The highest BCUT2D eigenvalue weighted by molar-refractivity contribution is 5.81. The van der Waals surface area contributed by atoms with Crippen LogP contribution < -0.4 is 0 Å². The molecule has 4 rings (SSSR count). The molecule has 0 bridgehead atoms. The van der Waals surface area contributed by atoms with E-state index in [9.17, 15) is 9.59 Å². The fourth-order valence-electron chi connectivity index (χ4n) is 9.95. The van der Waals surface area contributed by atoms with Gasteiger partial charge in [0.1, 0.15) is 6.10 Å². The Labute approximate surface area is 251 Å². The van der Waals surface area contributed by atoms with E-state index in [0.29, 0.717) is 23.9 Å². The molecule has 0 heterocycles. The first-order valence-electron chi connectivity index (χ1n) is 17.3. The third-order valence-corrected chi connectivity index (χ3v) is 12.2. The average Bonchev–Trinajstić information content (AvgIpc) is 3.29. The maximum Gasteiger partial charge on any atom is 0.330 e. The Bertz CT molecular complexity index is 935. The average molecular weight is 569 g/mol. The van der Waals surface area contributed by atoms with Crippen LogP contribution in [-0.4, -0.2) is 24.6 Å². The van der Waals surface area contributed by atoms with Gasteiger partial charge in [-0.2, -0.15) is 0 Å². The first kappa shape index (κ1) is 32.3. The van der Waals surface area contributed by atoms with Crippen LogP contribution in [-0.2, 0) is 19.1 Å². The second-order valence-electron chi connectivity index (χ2n) is 15.2. The van der Waals surface area contributed by atoms with Crippen LogP contribution in [0.3, 0.4) is 0 Å². The number of fused-ring (bicyclic) bond motifs is 5. The maximum atomic E-state index is 12.6. The van der Waals surface area contributed by atoms with Gasteiger partial charge < -0.3 is 9.47 Å². The van der Waals surface area contributed by atoms with Gasteiger partial charge in [-0.25, -0.2) is 4.79 Å². The van der Waals surface area contributed by atoms with Crippen LogP contribution in [0.15, 0.2) is 24.3 Å². The third kappa shape index (κ3) is 7.50. The molecule has 0 spiro atoms. The molecule has 0 aromatic rings. The predicted molar refractivity (Wildman–Crippen MR) is 167 cm³/mol. The SMILES string of the molecule is C=CC(=O)OCCCCCCC(=O)O[C@H]1CC[C@@]2(C)C(=CCC3C4CCC(C(C)CCCC(C)C)[C@@]4(C)CCC32)C1. The van der Waals surface area contributed by atoms with Crippen LogP contribution in [0, 0.1) is 46.3 Å². The lowest BCUT2D eigenvalue weighted by Gasteiger charge is -2.58. The number of ether oxygens (including phenoxy) is 2. The number of hydrogen-bond donors (Lipinski definition) is 0. The van der Waals surface area contributed by atoms with Crippen LogP contribution in [0.2, 0.25) is 0 Å². The summed E-state index contributed by atoms with van der Waals surface area (Å²) in [6.07, 6.45) is 22.1. The van der Waals surface area contributed by atoms with Crippen molar-refractivity contribution in [3.05, 3.63) is 24.3 Å². The summed E-state index contributed by atoms with van der Waals surface area (Å²) in [4.78, 5) is 23.7. The Balaban J connectivity index is 1.25. The van der Waals surface area contributed by atoms with E-state index in [1.165, 1.54) is 63.9 Å². The molecule has 0 N–H and O–H groups in total. The molecule has 4 aliphatic carbocycles. The molecule has 4 nitrogen and oxygen atoms in total. The van der Waals surface area contributed by atoms with Crippen LogP contribution >= 0.6 is 0 Å². The van der Waals surface area contributed by atoms with Crippen LogP contribution in [0.5, 0.6) is 0 Å². The number of esters is 2. The highest BCUT2D eigenvalue weighted by Crippen LogP contribution is 2.67. The molecular formula is C37H60O4. The van der Waals surface area contributed by atoms with E-state index in [-0.39, 0.29) is 18.0 Å². The zero-order valence-corrected chi connectivity index (χ0v) is 27.1. The zero-order valence-electron chi connectivity index (χ0n) is 27.1. The minimum absolute atomic E-state index is 0.0427. The van der Waals surface area contributed by atoms with Crippen molar-refractivity contribution in [3.8, 4) is 0 Å². The summed E-state index contributed by atoms with van der Waals surface area (Å²) >= 11 is 0. The lowest BCUT2D eigenvalue weighted by atomic mass is 9.47. The summed E-state index contributed by atoms with van der Waals surface area (Å²) in [5.41, 5.74) is 2.42. The minimum Gasteiger partial charge on any atom is -0.463 e. The van der Waals surface area contributed by atoms with Crippen molar-refractivity contribution >= 4 is 11.9 Å². The van der Waals surface area contributed by atoms with E-state index in [2.05, 4.69) is 47.3 Å². The van der Waals surface area contributed by atoms with Gasteiger partial charge in [0.2, 0.25) is 0 Å². The third-order valence-electron chi connectivity index (χ3n) is 12.2. The van der Waals surface area contributed by atoms with E-state index in [1.807, 2.05) is 0 Å². The maximum absolute atomic E-state index is 12.6. The Morgan fingerprint density at radius 3 is 2.51 bits per heavy atom. The number of allylic oxidation sites excluding steroid dienone is 1. The summed E-state index contributed by atoms with van der Waals surface area (Å²) in [6, 6.07) is 0. The van der Waals surface area contributed by atoms with Crippen molar-refractivity contribution < 1.29 is 19.1 Å². The molecule has 3 saturated carbocycles. The second-order valence-corrected chi connectivity index (χ2v) is 15.2. The first-order valence-corrected chi connectivity index (χ1v) is 17.3. The summed E-state index contributed by atoms with van der Waals surface area (Å²) in [5.74, 6) is 4.71. The van der Waals surface area contributed by atoms with E-state index < -0.39 is 0 Å². The number of hydrogen-bond acceptors (Lipinski definition) is 4. The smallest absolute Gasteiger partial charge is 0.330 e. The molecule has 3 fully saturated rings. The van der Waals surface area contributed by atoms with Gasteiger partial charge >= 0.3 is 11.9 Å². The predicted octanol–water partition coefficient (Wildman–Crippen LogP) is 9.62. The molecule has 0 aromatic carbocycles. The van der Waals surface area contributed by atoms with E-state index >= 15 is 0 Å². The van der Waals surface area contributed by atoms with Crippen molar-refractivity contribution in [2.45, 2.75) is 143 Å². The van der Waals surface area contributed by atoms with E-state index in [4.69, 9.17) is 9.47 Å². The second kappa shape index (κ2) is 14.3. The van der Waals surface area contributed by atoms with Crippen molar-refractivity contribution in [2.75, 3.05) is 6.61 Å². The van der Waals surface area contributed by atoms with E-state index in [1.54, 1.807) is 5.57 Å². The molecule has 4 heteroatoms. The minimum atomic E-state index is -0.368. The number of carbonyl (C=O) groups is 2. The van der Waals surface area contributed by atoms with Crippen LogP contribution in [0.4, 0.5) is 0 Å². The van der Waals surface area contributed by atoms with Crippen molar-refractivity contribution in [2.24, 2.45) is 46.3 Å². The standard InChI is InChI=1S/C37H60O4/c1-7-34(38)40-24-11-9-8-10-15-35(39)41-29-20-22-36(5)28(25-29)16-17-30-32-19-18-31(27(4)14-12-13-26(2)3)37(32,6)23-21-33(30)36/h7,16,26-27,29-33H,1,8-15,17-25H2,2-6H3/t27?,29-,30?,31?,32?,33?,36-,37+/m0/s1. The van der Waals surface area contributed by atoms with E-state index in [0.717, 1.165) is 74.0 Å². The summed E-state index contributed by atoms with van der Waals surface area (Å²) < 4.78 is 11.0.